The molecule has 0 saturated heterocycles. The van der Waals surface area contributed by atoms with Crippen LogP contribution >= 0.6 is 0 Å². The summed E-state index contributed by atoms with van der Waals surface area (Å²) in [6.07, 6.45) is 0. The highest BCUT2D eigenvalue weighted by molar-refractivity contribution is 5.34. The Morgan fingerprint density at radius 2 is 1.82 bits per heavy atom. The Morgan fingerprint density at radius 1 is 1.36 bits per heavy atom. The lowest BCUT2D eigenvalue weighted by Crippen LogP contribution is -1.57. The second-order valence-corrected chi connectivity index (χ2v) is 1.61. The summed E-state index contributed by atoms with van der Waals surface area (Å²) in [5, 5.41) is 9.79. The van der Waals surface area contributed by atoms with E-state index in [1.807, 2.05) is 6.07 Å². The Labute approximate surface area is 64.3 Å². The molecular formula is C7H9NO3. The lowest BCUT2D eigenvalue weighted by molar-refractivity contribution is -0.214. The first kappa shape index (κ1) is 9.74. The number of nitroso groups, excluding NO2 is 1. The highest BCUT2D eigenvalue weighted by atomic mass is 17.1. The summed E-state index contributed by atoms with van der Waals surface area (Å²) in [5.41, 5.74) is 0.479. The van der Waals surface area contributed by atoms with E-state index in [-0.39, 0.29) is 0 Å². The molecule has 4 heteroatoms. The van der Waals surface area contributed by atoms with Crippen molar-refractivity contribution in [3.05, 3.63) is 35.2 Å². The molecule has 0 heterocycles. The monoisotopic (exact) mass is 155 g/mol. The van der Waals surface area contributed by atoms with E-state index in [0.717, 1.165) is 0 Å². The molecule has 0 unspecified atom stereocenters. The van der Waals surface area contributed by atoms with Gasteiger partial charge < -0.3 is 0 Å². The molecule has 11 heavy (non-hydrogen) atoms. The van der Waals surface area contributed by atoms with Crippen LogP contribution in [0.25, 0.3) is 0 Å². The molecule has 0 aliphatic heterocycles. The Balaban J connectivity index is 0.000000292. The number of benzene rings is 1. The van der Waals surface area contributed by atoms with Gasteiger partial charge in [-0.1, -0.05) is 18.2 Å². The van der Waals surface area contributed by atoms with E-state index in [1.165, 1.54) is 7.11 Å². The summed E-state index contributed by atoms with van der Waals surface area (Å²) in [6.45, 7) is 0. The highest BCUT2D eigenvalue weighted by Gasteiger charge is 1.81. The standard InChI is InChI=1S/C6H5NO.CH4O2/c8-7-6-4-2-1-3-5-6;1-3-2/h1-5H;2H,1H3. The fourth-order valence-electron chi connectivity index (χ4n) is 0.489. The quantitative estimate of drug-likeness (QED) is 0.384. The smallest absolute Gasteiger partial charge is 0.107 e. The number of hydrogen-bond donors (Lipinski definition) is 1. The first-order valence-electron chi connectivity index (χ1n) is 2.91. The average Bonchev–Trinajstić information content (AvgIpc) is 2.08. The third-order valence-electron chi connectivity index (χ3n) is 0.862. The van der Waals surface area contributed by atoms with Crippen LogP contribution in [0.1, 0.15) is 0 Å². The van der Waals surface area contributed by atoms with Crippen molar-refractivity contribution in [1.82, 2.24) is 0 Å². The molecular weight excluding hydrogens is 146 g/mol. The van der Waals surface area contributed by atoms with E-state index in [0.29, 0.717) is 5.69 Å². The van der Waals surface area contributed by atoms with Crippen LogP contribution in [-0.2, 0) is 4.89 Å². The van der Waals surface area contributed by atoms with E-state index in [4.69, 9.17) is 5.26 Å². The number of nitrogens with zero attached hydrogens (tertiary/aromatic N) is 1. The predicted octanol–water partition coefficient (Wildman–Crippen LogP) is 2.19. The van der Waals surface area contributed by atoms with Gasteiger partial charge in [0.2, 0.25) is 0 Å². The molecule has 0 amide bonds. The van der Waals surface area contributed by atoms with Crippen molar-refractivity contribution < 1.29 is 10.1 Å². The molecule has 0 atom stereocenters. The Morgan fingerprint density at radius 3 is 2.09 bits per heavy atom. The molecule has 0 aliphatic rings. The molecule has 0 radical (unpaired) electrons. The van der Waals surface area contributed by atoms with Crippen LogP contribution in [-0.4, -0.2) is 12.4 Å². The molecule has 0 aromatic heterocycles. The summed E-state index contributed by atoms with van der Waals surface area (Å²) in [4.78, 5) is 13.0. The van der Waals surface area contributed by atoms with Crippen LogP contribution in [0.15, 0.2) is 35.5 Å². The molecule has 0 aliphatic carbocycles. The van der Waals surface area contributed by atoms with Crippen molar-refractivity contribution in [2.45, 2.75) is 0 Å². The topological polar surface area (TPSA) is 58.9 Å². The average molecular weight is 155 g/mol. The molecule has 60 valence electrons. The summed E-state index contributed by atoms with van der Waals surface area (Å²) in [5.74, 6) is 0. The van der Waals surface area contributed by atoms with Gasteiger partial charge in [0.05, 0.1) is 7.11 Å². The maximum Gasteiger partial charge on any atom is 0.107 e. The van der Waals surface area contributed by atoms with Crippen molar-refractivity contribution >= 4 is 5.69 Å². The van der Waals surface area contributed by atoms with Crippen molar-refractivity contribution in [3.8, 4) is 0 Å². The van der Waals surface area contributed by atoms with Gasteiger partial charge in [-0.05, 0) is 17.3 Å². The predicted molar refractivity (Wildman–Crippen MR) is 41.5 cm³/mol. The van der Waals surface area contributed by atoms with Gasteiger partial charge in [-0.15, -0.1) is 4.91 Å². The molecule has 0 spiro atoms. The zero-order valence-electron chi connectivity index (χ0n) is 6.10. The van der Waals surface area contributed by atoms with Gasteiger partial charge in [0.1, 0.15) is 5.69 Å². The van der Waals surface area contributed by atoms with Crippen molar-refractivity contribution in [2.24, 2.45) is 5.18 Å². The first-order valence-corrected chi connectivity index (χ1v) is 2.91. The summed E-state index contributed by atoms with van der Waals surface area (Å²) < 4.78 is 0. The molecule has 1 N–H and O–H groups in total. The Hall–Kier alpha value is -1.26. The molecule has 1 aromatic rings. The zero-order valence-corrected chi connectivity index (χ0v) is 6.10. The SMILES string of the molecule is COO.O=Nc1ccccc1. The second-order valence-electron chi connectivity index (χ2n) is 1.61. The van der Waals surface area contributed by atoms with Crippen LogP contribution in [0.5, 0.6) is 0 Å². The van der Waals surface area contributed by atoms with Gasteiger partial charge in [-0.3, -0.25) is 5.26 Å². The number of hydrogen-bond acceptors (Lipinski definition) is 4. The number of rotatable bonds is 1. The van der Waals surface area contributed by atoms with Gasteiger partial charge in [-0.2, -0.15) is 0 Å². The lowest BCUT2D eigenvalue weighted by atomic mass is 10.3. The van der Waals surface area contributed by atoms with Crippen LogP contribution in [0, 0.1) is 4.91 Å². The minimum Gasteiger partial charge on any atom is -0.252 e. The van der Waals surface area contributed by atoms with Crippen LogP contribution in [0.4, 0.5) is 5.69 Å². The van der Waals surface area contributed by atoms with Crippen LogP contribution in [0.2, 0.25) is 0 Å². The van der Waals surface area contributed by atoms with Crippen molar-refractivity contribution in [1.29, 1.82) is 0 Å². The van der Waals surface area contributed by atoms with E-state index < -0.39 is 0 Å². The van der Waals surface area contributed by atoms with Gasteiger partial charge in [0.15, 0.2) is 0 Å². The fourth-order valence-corrected chi connectivity index (χ4v) is 0.489. The maximum atomic E-state index is 9.76. The van der Waals surface area contributed by atoms with Crippen LogP contribution < -0.4 is 0 Å². The minimum absolute atomic E-state index is 0.479. The van der Waals surface area contributed by atoms with E-state index in [9.17, 15) is 4.91 Å². The summed E-state index contributed by atoms with van der Waals surface area (Å²) in [7, 11) is 1.18. The Bertz CT molecular complexity index is 188. The lowest BCUT2D eigenvalue weighted by Gasteiger charge is -1.80. The van der Waals surface area contributed by atoms with Gasteiger partial charge >= 0.3 is 0 Å². The third-order valence-corrected chi connectivity index (χ3v) is 0.862. The fraction of sp³-hybridized carbons (Fsp3) is 0.143. The molecule has 4 nitrogen and oxygen atoms in total. The largest absolute Gasteiger partial charge is 0.252 e. The third kappa shape index (κ3) is 5.20. The first-order chi connectivity index (χ1) is 5.35. The van der Waals surface area contributed by atoms with Gasteiger partial charge in [0, 0.05) is 0 Å². The second kappa shape index (κ2) is 6.85. The maximum absolute atomic E-state index is 9.76. The van der Waals surface area contributed by atoms with Crippen LogP contribution in [0.3, 0.4) is 0 Å². The van der Waals surface area contributed by atoms with E-state index >= 15 is 0 Å². The minimum atomic E-state index is 0.479. The normalized spacial score (nSPS) is 7.82. The molecule has 1 aromatic carbocycles. The summed E-state index contributed by atoms with van der Waals surface area (Å²) in [6, 6.07) is 8.71. The molecule has 0 fully saturated rings. The van der Waals surface area contributed by atoms with Crippen molar-refractivity contribution in [3.63, 3.8) is 0 Å². The van der Waals surface area contributed by atoms with Gasteiger partial charge in [0.25, 0.3) is 0 Å². The zero-order chi connectivity index (χ0) is 8.53. The molecule has 0 saturated carbocycles. The van der Waals surface area contributed by atoms with Gasteiger partial charge in [-0.25, -0.2) is 4.89 Å². The Kier molecular flexibility index (Phi) is 6.07. The van der Waals surface area contributed by atoms with E-state index in [2.05, 4.69) is 10.1 Å². The molecule has 1 rings (SSSR count). The highest BCUT2D eigenvalue weighted by Crippen LogP contribution is 2.07. The summed E-state index contributed by atoms with van der Waals surface area (Å²) >= 11 is 0. The molecule has 0 bridgehead atoms. The van der Waals surface area contributed by atoms with Crippen molar-refractivity contribution in [2.75, 3.05) is 7.11 Å². The van der Waals surface area contributed by atoms with E-state index in [1.54, 1.807) is 24.3 Å².